The summed E-state index contributed by atoms with van der Waals surface area (Å²) >= 11 is 11.9. The standard InChI is InChI=1S/C23H18Cl2N2O4/c1-13-3-5-15(6-4-13)11-27-22(29)17(10-26)14(2)21(23(27)30)19(28)12-31-20-8-7-16(24)9-18(20)25/h3-9,30H,11-12H2,1-2H3. The third-order valence-electron chi connectivity index (χ3n) is 4.79. The highest BCUT2D eigenvalue weighted by atomic mass is 35.5. The Balaban J connectivity index is 1.98. The molecule has 1 N–H and O–H groups in total. The molecule has 0 aliphatic rings. The lowest BCUT2D eigenvalue weighted by molar-refractivity contribution is 0.0916. The molecule has 31 heavy (non-hydrogen) atoms. The van der Waals surface area contributed by atoms with Crippen LogP contribution < -0.4 is 10.3 Å². The van der Waals surface area contributed by atoms with Crippen molar-refractivity contribution in [2.24, 2.45) is 0 Å². The predicted octanol–water partition coefficient (Wildman–Crippen LogP) is 4.66. The Bertz CT molecular complexity index is 1260. The molecule has 3 aromatic rings. The molecule has 0 fully saturated rings. The van der Waals surface area contributed by atoms with Gasteiger partial charge in [0.15, 0.2) is 6.61 Å². The maximum absolute atomic E-state index is 12.9. The molecule has 1 aromatic heterocycles. The van der Waals surface area contributed by atoms with Gasteiger partial charge in [0.05, 0.1) is 17.1 Å². The van der Waals surface area contributed by atoms with Crippen LogP contribution in [0.1, 0.15) is 32.6 Å². The van der Waals surface area contributed by atoms with Crippen LogP contribution in [0.3, 0.4) is 0 Å². The van der Waals surface area contributed by atoms with Gasteiger partial charge in [0.1, 0.15) is 17.4 Å². The number of hydrogen-bond acceptors (Lipinski definition) is 5. The molecule has 0 aliphatic carbocycles. The number of aryl methyl sites for hydroxylation is 1. The molecule has 0 atom stereocenters. The zero-order valence-electron chi connectivity index (χ0n) is 16.8. The molecule has 0 radical (unpaired) electrons. The van der Waals surface area contributed by atoms with Gasteiger partial charge in [-0.1, -0.05) is 53.0 Å². The lowest BCUT2D eigenvalue weighted by Gasteiger charge is -2.16. The average molecular weight is 457 g/mol. The number of nitriles is 1. The Kier molecular flexibility index (Phi) is 6.69. The van der Waals surface area contributed by atoms with Gasteiger partial charge in [-0.15, -0.1) is 0 Å². The van der Waals surface area contributed by atoms with Crippen LogP contribution in [0.4, 0.5) is 0 Å². The molecule has 0 unspecified atom stereocenters. The van der Waals surface area contributed by atoms with Crippen molar-refractivity contribution in [3.05, 3.63) is 90.7 Å². The maximum Gasteiger partial charge on any atom is 0.271 e. The second kappa shape index (κ2) is 9.25. The van der Waals surface area contributed by atoms with Crippen LogP contribution >= 0.6 is 23.2 Å². The minimum absolute atomic E-state index is 0.00402. The van der Waals surface area contributed by atoms with Crippen LogP contribution in [0.5, 0.6) is 11.6 Å². The number of rotatable bonds is 6. The third kappa shape index (κ3) is 4.74. The van der Waals surface area contributed by atoms with Gasteiger partial charge in [0.25, 0.3) is 5.56 Å². The van der Waals surface area contributed by atoms with E-state index in [2.05, 4.69) is 0 Å². The first-order valence-electron chi connectivity index (χ1n) is 9.26. The van der Waals surface area contributed by atoms with Crippen LogP contribution in [0, 0.1) is 25.2 Å². The fourth-order valence-electron chi connectivity index (χ4n) is 3.12. The first-order valence-corrected chi connectivity index (χ1v) is 10.0. The molecule has 0 bridgehead atoms. The van der Waals surface area contributed by atoms with Gasteiger partial charge in [-0.2, -0.15) is 5.26 Å². The molecule has 3 rings (SSSR count). The minimum atomic E-state index is -0.670. The van der Waals surface area contributed by atoms with Crippen LogP contribution in [-0.4, -0.2) is 22.1 Å². The zero-order chi connectivity index (χ0) is 22.7. The van der Waals surface area contributed by atoms with E-state index in [4.69, 9.17) is 27.9 Å². The molecule has 6 nitrogen and oxygen atoms in total. The van der Waals surface area contributed by atoms with Crippen LogP contribution in [0.15, 0.2) is 47.3 Å². The van der Waals surface area contributed by atoms with Gasteiger partial charge in [-0.3, -0.25) is 14.2 Å². The third-order valence-corrected chi connectivity index (χ3v) is 5.32. The number of carbonyl (C=O) groups excluding carboxylic acids is 1. The first-order chi connectivity index (χ1) is 14.7. The number of ketones is 1. The molecule has 0 spiro atoms. The number of ether oxygens (including phenoxy) is 1. The van der Waals surface area contributed by atoms with Crippen molar-refractivity contribution >= 4 is 29.0 Å². The second-order valence-electron chi connectivity index (χ2n) is 6.97. The highest BCUT2D eigenvalue weighted by Gasteiger charge is 2.24. The number of Topliss-reactive ketones (excluding diaryl/α,β-unsaturated/α-hetero) is 1. The van der Waals surface area contributed by atoms with E-state index in [1.165, 1.54) is 19.1 Å². The fraction of sp³-hybridized carbons (Fsp3) is 0.174. The Morgan fingerprint density at radius 2 is 1.84 bits per heavy atom. The number of nitrogens with zero attached hydrogens (tertiary/aromatic N) is 2. The van der Waals surface area contributed by atoms with Gasteiger partial charge in [0.2, 0.25) is 11.7 Å². The Morgan fingerprint density at radius 3 is 2.45 bits per heavy atom. The van der Waals surface area contributed by atoms with Gasteiger partial charge < -0.3 is 9.84 Å². The van der Waals surface area contributed by atoms with Crippen LogP contribution in [-0.2, 0) is 6.54 Å². The smallest absolute Gasteiger partial charge is 0.271 e. The topological polar surface area (TPSA) is 92.3 Å². The van der Waals surface area contributed by atoms with E-state index >= 15 is 0 Å². The normalized spacial score (nSPS) is 10.5. The highest BCUT2D eigenvalue weighted by Crippen LogP contribution is 2.28. The molecular weight excluding hydrogens is 439 g/mol. The molecule has 158 valence electrons. The van der Waals surface area contributed by atoms with Gasteiger partial charge in [-0.25, -0.2) is 0 Å². The Labute approximate surface area is 188 Å². The summed E-state index contributed by atoms with van der Waals surface area (Å²) in [4.78, 5) is 25.6. The highest BCUT2D eigenvalue weighted by molar-refractivity contribution is 6.35. The molecule has 0 aliphatic heterocycles. The number of pyridine rings is 1. The summed E-state index contributed by atoms with van der Waals surface area (Å²) in [5.74, 6) is -0.877. The van der Waals surface area contributed by atoms with E-state index in [9.17, 15) is 20.0 Å². The van der Waals surface area contributed by atoms with Crippen LogP contribution in [0.2, 0.25) is 10.0 Å². The van der Waals surface area contributed by atoms with E-state index in [0.29, 0.717) is 5.02 Å². The minimum Gasteiger partial charge on any atom is -0.494 e. The summed E-state index contributed by atoms with van der Waals surface area (Å²) in [7, 11) is 0. The lowest BCUT2D eigenvalue weighted by atomic mass is 10.0. The summed E-state index contributed by atoms with van der Waals surface area (Å²) in [6.45, 7) is 2.92. The van der Waals surface area contributed by atoms with E-state index in [1.807, 2.05) is 25.1 Å². The lowest BCUT2D eigenvalue weighted by Crippen LogP contribution is -2.28. The summed E-state index contributed by atoms with van der Waals surface area (Å²) in [5, 5.41) is 20.9. The number of aromatic nitrogens is 1. The Morgan fingerprint density at radius 1 is 1.16 bits per heavy atom. The van der Waals surface area contributed by atoms with E-state index < -0.39 is 23.8 Å². The first kappa shape index (κ1) is 22.4. The van der Waals surface area contributed by atoms with Crippen molar-refractivity contribution < 1.29 is 14.6 Å². The van der Waals surface area contributed by atoms with Gasteiger partial charge in [-0.05, 0) is 43.2 Å². The summed E-state index contributed by atoms with van der Waals surface area (Å²) in [5.41, 5.74) is 0.845. The quantitative estimate of drug-likeness (QED) is 0.544. The fourth-order valence-corrected chi connectivity index (χ4v) is 3.58. The van der Waals surface area contributed by atoms with Crippen molar-refractivity contribution in [1.29, 1.82) is 5.26 Å². The number of halogens is 2. The number of benzene rings is 2. The van der Waals surface area contributed by atoms with Crippen molar-refractivity contribution in [3.63, 3.8) is 0 Å². The maximum atomic E-state index is 12.9. The predicted molar refractivity (Wildman–Crippen MR) is 118 cm³/mol. The monoisotopic (exact) mass is 456 g/mol. The molecular formula is C23H18Cl2N2O4. The van der Waals surface area contributed by atoms with E-state index in [0.717, 1.165) is 15.7 Å². The second-order valence-corrected chi connectivity index (χ2v) is 7.82. The zero-order valence-corrected chi connectivity index (χ0v) is 18.3. The van der Waals surface area contributed by atoms with Crippen molar-refractivity contribution in [2.45, 2.75) is 20.4 Å². The van der Waals surface area contributed by atoms with Crippen molar-refractivity contribution in [1.82, 2.24) is 4.57 Å². The summed E-state index contributed by atoms with van der Waals surface area (Å²) in [6, 6.07) is 13.7. The van der Waals surface area contributed by atoms with E-state index in [-0.39, 0.29) is 34.0 Å². The average Bonchev–Trinajstić information content (AvgIpc) is 2.72. The molecule has 1 heterocycles. The van der Waals surface area contributed by atoms with E-state index in [1.54, 1.807) is 18.2 Å². The van der Waals surface area contributed by atoms with Crippen molar-refractivity contribution in [3.8, 4) is 17.7 Å². The molecule has 8 heteroatoms. The summed E-state index contributed by atoms with van der Waals surface area (Å²) < 4.78 is 6.48. The van der Waals surface area contributed by atoms with Crippen LogP contribution in [0.25, 0.3) is 0 Å². The molecule has 0 saturated carbocycles. The number of aromatic hydroxyl groups is 1. The largest absolute Gasteiger partial charge is 0.494 e. The van der Waals surface area contributed by atoms with Crippen molar-refractivity contribution in [2.75, 3.05) is 6.61 Å². The number of hydrogen-bond donors (Lipinski definition) is 1. The number of carbonyl (C=O) groups is 1. The van der Waals surface area contributed by atoms with Gasteiger partial charge >= 0.3 is 0 Å². The molecule has 0 saturated heterocycles. The Hall–Kier alpha value is -3.27. The summed E-state index contributed by atoms with van der Waals surface area (Å²) in [6.07, 6.45) is 0. The molecule has 0 amide bonds. The SMILES string of the molecule is Cc1ccc(Cn2c(O)c(C(=O)COc3ccc(Cl)cc3Cl)c(C)c(C#N)c2=O)cc1. The molecule has 2 aromatic carbocycles. The van der Waals surface area contributed by atoms with Gasteiger partial charge in [0, 0.05) is 5.02 Å².